The minimum Gasteiger partial charge on any atom is -0.479 e. The summed E-state index contributed by atoms with van der Waals surface area (Å²) in [5.41, 5.74) is 3.04. The first-order valence-electron chi connectivity index (χ1n) is 11.1. The van der Waals surface area contributed by atoms with Gasteiger partial charge in [0.2, 0.25) is 6.29 Å². The lowest BCUT2D eigenvalue weighted by Gasteiger charge is -2.39. The van der Waals surface area contributed by atoms with Crippen molar-refractivity contribution in [3.63, 3.8) is 0 Å². The van der Waals surface area contributed by atoms with Crippen LogP contribution in [0.25, 0.3) is 10.9 Å². The highest BCUT2D eigenvalue weighted by atomic mass is 16.7. The Kier molecular flexibility index (Phi) is 6.47. The minimum atomic E-state index is -1.86. The van der Waals surface area contributed by atoms with Crippen molar-refractivity contribution in [2.75, 3.05) is 6.61 Å². The molecule has 0 aliphatic carbocycles. The number of aliphatic carboxylic acids is 1. The van der Waals surface area contributed by atoms with Crippen LogP contribution >= 0.6 is 0 Å². The van der Waals surface area contributed by atoms with Crippen LogP contribution in [0.2, 0.25) is 0 Å². The zero-order valence-electron chi connectivity index (χ0n) is 18.5. The smallest absolute Gasteiger partial charge is 0.335 e. The number of hydrogen-bond donors (Lipinski definition) is 5. The van der Waals surface area contributed by atoms with Crippen molar-refractivity contribution in [2.45, 2.75) is 75.8 Å². The van der Waals surface area contributed by atoms with E-state index in [2.05, 4.69) is 11.9 Å². The van der Waals surface area contributed by atoms with E-state index in [9.17, 15) is 30.0 Å². The van der Waals surface area contributed by atoms with E-state index in [-0.39, 0.29) is 6.42 Å². The van der Waals surface area contributed by atoms with E-state index in [1.54, 1.807) is 0 Å². The molecule has 1 aromatic heterocycles. The number of esters is 1. The molecule has 0 amide bonds. The number of H-pyrrole nitrogens is 1. The molecule has 0 radical (unpaired) electrons. The Morgan fingerprint density at radius 3 is 2.61 bits per heavy atom. The standard InChI is InChI=1S/C23H29NO9/c1-3-11-6-5-7-12-13-8-9-31-23(4-2,20(13)24-15(11)12)10-14(25)32-22-18(28)16(26)17(27)19(33-22)21(29)30/h5-7,16-19,22,24,26-28H,3-4,8-10H2,1-2H3,(H,29,30)/t16-,17-,18+,19-,22+,23+/m1/s1. The van der Waals surface area contributed by atoms with Gasteiger partial charge in [0.05, 0.1) is 18.7 Å². The lowest BCUT2D eigenvalue weighted by atomic mass is 9.86. The zero-order valence-corrected chi connectivity index (χ0v) is 18.5. The maximum absolute atomic E-state index is 12.9. The molecule has 1 fully saturated rings. The molecule has 6 atom stereocenters. The van der Waals surface area contributed by atoms with Gasteiger partial charge in [-0.25, -0.2) is 4.79 Å². The van der Waals surface area contributed by atoms with Crippen molar-refractivity contribution in [1.82, 2.24) is 4.98 Å². The second-order valence-corrected chi connectivity index (χ2v) is 8.52. The van der Waals surface area contributed by atoms with Crippen molar-refractivity contribution in [3.8, 4) is 0 Å². The first-order chi connectivity index (χ1) is 15.7. The molecule has 0 unspecified atom stereocenters. The Hall–Kier alpha value is -2.50. The van der Waals surface area contributed by atoms with E-state index in [4.69, 9.17) is 14.2 Å². The van der Waals surface area contributed by atoms with Crippen LogP contribution in [0.5, 0.6) is 0 Å². The number of ether oxygens (including phenoxy) is 3. The molecule has 0 spiro atoms. The molecule has 2 aliphatic rings. The SMILES string of the molecule is CCc1cccc2c3c([nH]c12)[C@](CC)(CC(=O)O[C@H]1O[C@@H](C(=O)O)[C@H](O)[C@@H](O)[C@@H]1O)OCC3. The average molecular weight is 463 g/mol. The molecule has 0 bridgehead atoms. The van der Waals surface area contributed by atoms with Gasteiger partial charge < -0.3 is 39.6 Å². The van der Waals surface area contributed by atoms with Crippen molar-refractivity contribution in [2.24, 2.45) is 0 Å². The van der Waals surface area contributed by atoms with Gasteiger partial charge in [-0.1, -0.05) is 32.0 Å². The number of aliphatic hydroxyl groups excluding tert-OH is 3. The largest absolute Gasteiger partial charge is 0.479 e. The molecule has 5 N–H and O–H groups in total. The van der Waals surface area contributed by atoms with Crippen molar-refractivity contribution in [1.29, 1.82) is 0 Å². The number of hydrogen-bond acceptors (Lipinski definition) is 8. The number of para-hydroxylation sites is 1. The van der Waals surface area contributed by atoms with E-state index in [1.807, 2.05) is 25.1 Å². The van der Waals surface area contributed by atoms with Crippen molar-refractivity contribution < 1.29 is 44.2 Å². The first-order valence-corrected chi connectivity index (χ1v) is 11.1. The highest BCUT2D eigenvalue weighted by Crippen LogP contribution is 2.42. The van der Waals surface area contributed by atoms with Gasteiger partial charge in [0.1, 0.15) is 23.9 Å². The van der Waals surface area contributed by atoms with Gasteiger partial charge in [-0.15, -0.1) is 0 Å². The molecule has 180 valence electrons. The van der Waals surface area contributed by atoms with Gasteiger partial charge in [-0.2, -0.15) is 0 Å². The lowest BCUT2D eigenvalue weighted by molar-refractivity contribution is -0.287. The molecular formula is C23H29NO9. The number of aliphatic hydroxyl groups is 3. The number of aromatic nitrogens is 1. The van der Waals surface area contributed by atoms with E-state index >= 15 is 0 Å². The van der Waals surface area contributed by atoms with Crippen LogP contribution in [0, 0.1) is 0 Å². The summed E-state index contributed by atoms with van der Waals surface area (Å²) >= 11 is 0. The van der Waals surface area contributed by atoms with Crippen LogP contribution in [-0.4, -0.2) is 74.7 Å². The highest BCUT2D eigenvalue weighted by molar-refractivity contribution is 5.88. The molecule has 2 aromatic rings. The molecule has 2 aliphatic heterocycles. The maximum Gasteiger partial charge on any atom is 0.335 e. The molecule has 1 aromatic carbocycles. The number of carboxylic acid groups (broad SMARTS) is 1. The molecule has 10 heteroatoms. The number of aryl methyl sites for hydroxylation is 1. The van der Waals surface area contributed by atoms with Crippen molar-refractivity contribution in [3.05, 3.63) is 35.0 Å². The summed E-state index contributed by atoms with van der Waals surface area (Å²) in [5.74, 6) is -2.35. The van der Waals surface area contributed by atoms with Gasteiger partial charge >= 0.3 is 11.9 Å². The summed E-state index contributed by atoms with van der Waals surface area (Å²) in [6.45, 7) is 4.37. The number of benzene rings is 1. The van der Waals surface area contributed by atoms with Crippen LogP contribution in [0.1, 0.15) is 43.5 Å². The van der Waals surface area contributed by atoms with Gasteiger partial charge in [-0.05, 0) is 30.4 Å². The molecule has 33 heavy (non-hydrogen) atoms. The predicted molar refractivity (Wildman–Crippen MR) is 114 cm³/mol. The Bertz CT molecular complexity index is 1050. The Morgan fingerprint density at radius 1 is 1.18 bits per heavy atom. The third kappa shape index (κ3) is 4.02. The van der Waals surface area contributed by atoms with Crippen LogP contribution < -0.4 is 0 Å². The topological polar surface area (TPSA) is 159 Å². The van der Waals surface area contributed by atoms with Crippen LogP contribution in [0.3, 0.4) is 0 Å². The molecule has 10 nitrogen and oxygen atoms in total. The Morgan fingerprint density at radius 2 is 1.94 bits per heavy atom. The van der Waals surface area contributed by atoms with Crippen LogP contribution in [0.15, 0.2) is 18.2 Å². The number of carboxylic acids is 1. The Balaban J connectivity index is 1.60. The monoisotopic (exact) mass is 463 g/mol. The number of carbonyl (C=O) groups excluding carboxylic acids is 1. The average Bonchev–Trinajstić information content (AvgIpc) is 3.19. The second kappa shape index (κ2) is 9.03. The van der Waals surface area contributed by atoms with E-state index in [0.717, 1.165) is 34.1 Å². The van der Waals surface area contributed by atoms with Crippen LogP contribution in [0.4, 0.5) is 0 Å². The fourth-order valence-corrected chi connectivity index (χ4v) is 4.80. The molecule has 0 saturated carbocycles. The summed E-state index contributed by atoms with van der Waals surface area (Å²) < 4.78 is 16.4. The fraction of sp³-hybridized carbons (Fsp3) is 0.565. The number of aromatic amines is 1. The predicted octanol–water partition coefficient (Wildman–Crippen LogP) is 0.734. The molecule has 1 saturated heterocycles. The van der Waals surface area contributed by atoms with E-state index in [1.165, 1.54) is 0 Å². The van der Waals surface area contributed by atoms with E-state index in [0.29, 0.717) is 19.4 Å². The van der Waals surface area contributed by atoms with Gasteiger partial charge in [-0.3, -0.25) is 4.79 Å². The number of nitrogens with one attached hydrogen (secondary N) is 1. The summed E-state index contributed by atoms with van der Waals surface area (Å²) in [6, 6.07) is 6.10. The van der Waals surface area contributed by atoms with Gasteiger partial charge in [0.15, 0.2) is 6.10 Å². The number of fused-ring (bicyclic) bond motifs is 3. The van der Waals surface area contributed by atoms with Gasteiger partial charge in [0, 0.05) is 10.9 Å². The molecular weight excluding hydrogens is 434 g/mol. The third-order valence-corrected chi connectivity index (χ3v) is 6.66. The highest BCUT2D eigenvalue weighted by Gasteiger charge is 2.49. The fourth-order valence-electron chi connectivity index (χ4n) is 4.80. The molecule has 3 heterocycles. The Labute approximate surface area is 190 Å². The summed E-state index contributed by atoms with van der Waals surface area (Å²) in [6.07, 6.45) is -7.34. The lowest BCUT2D eigenvalue weighted by Crippen LogP contribution is -2.60. The van der Waals surface area contributed by atoms with Gasteiger partial charge in [0.25, 0.3) is 0 Å². The first kappa shape index (κ1) is 23.7. The zero-order chi connectivity index (χ0) is 23.9. The second-order valence-electron chi connectivity index (χ2n) is 8.52. The number of carbonyl (C=O) groups is 2. The van der Waals surface area contributed by atoms with E-state index < -0.39 is 48.2 Å². The minimum absolute atomic E-state index is 0.215. The number of rotatable bonds is 6. The normalized spacial score (nSPS) is 31.8. The van der Waals surface area contributed by atoms with Crippen molar-refractivity contribution >= 4 is 22.8 Å². The summed E-state index contributed by atoms with van der Waals surface area (Å²) in [4.78, 5) is 27.7. The maximum atomic E-state index is 12.9. The third-order valence-electron chi connectivity index (χ3n) is 6.66. The molecule has 4 rings (SSSR count). The summed E-state index contributed by atoms with van der Waals surface area (Å²) in [5, 5.41) is 40.2. The van der Waals surface area contributed by atoms with Crippen LogP contribution in [-0.2, 0) is 42.2 Å². The quantitative estimate of drug-likeness (QED) is 0.389. The summed E-state index contributed by atoms with van der Waals surface area (Å²) in [7, 11) is 0.